The molecule has 4 N–H and O–H groups in total. The fraction of sp³-hybridized carbons (Fsp3) is 0.467. The number of rotatable bonds is 5. The summed E-state index contributed by atoms with van der Waals surface area (Å²) in [5.41, 5.74) is 6.65. The molecule has 0 aromatic heterocycles. The van der Waals surface area contributed by atoms with E-state index in [1.54, 1.807) is 24.3 Å². The van der Waals surface area contributed by atoms with E-state index in [0.717, 1.165) is 12.8 Å². The number of hydrogen-bond acceptors (Lipinski definition) is 4. The van der Waals surface area contributed by atoms with Crippen molar-refractivity contribution < 1.29 is 10.0 Å². The molecule has 0 atom stereocenters. The van der Waals surface area contributed by atoms with Gasteiger partial charge < -0.3 is 21.2 Å². The molecule has 0 bridgehead atoms. The van der Waals surface area contributed by atoms with Crippen LogP contribution in [-0.2, 0) is 0 Å². The van der Waals surface area contributed by atoms with Crippen molar-refractivity contribution in [2.24, 2.45) is 10.9 Å². The number of nitrogens with two attached hydrogens (primary N) is 1. The second-order valence-corrected chi connectivity index (χ2v) is 5.72. The highest BCUT2D eigenvalue weighted by molar-refractivity contribution is 6.01. The molecular formula is C15H22N4O2. The van der Waals surface area contributed by atoms with Gasteiger partial charge in [-0.05, 0) is 45.5 Å². The number of oxime groups is 1. The Bertz CT molecular complexity index is 550. The Morgan fingerprint density at radius 3 is 2.62 bits per heavy atom. The van der Waals surface area contributed by atoms with Gasteiger partial charge in [-0.15, -0.1) is 0 Å². The summed E-state index contributed by atoms with van der Waals surface area (Å²) >= 11 is 0. The second-order valence-electron chi connectivity index (χ2n) is 5.72. The van der Waals surface area contributed by atoms with E-state index in [-0.39, 0.29) is 17.3 Å². The minimum Gasteiger partial charge on any atom is -0.409 e. The first-order valence-corrected chi connectivity index (χ1v) is 7.02. The number of hydrogen-bond donors (Lipinski definition) is 3. The van der Waals surface area contributed by atoms with Crippen molar-refractivity contribution in [1.82, 2.24) is 10.2 Å². The van der Waals surface area contributed by atoms with Gasteiger partial charge in [0.1, 0.15) is 0 Å². The molecule has 0 saturated heterocycles. The molecule has 1 amide bonds. The maximum absolute atomic E-state index is 12.2. The highest BCUT2D eigenvalue weighted by atomic mass is 16.4. The maximum atomic E-state index is 12.2. The first-order valence-electron chi connectivity index (χ1n) is 7.02. The molecule has 2 rings (SSSR count). The van der Waals surface area contributed by atoms with Gasteiger partial charge in [0.25, 0.3) is 5.91 Å². The summed E-state index contributed by atoms with van der Waals surface area (Å²) in [6, 6.07) is 6.74. The zero-order valence-corrected chi connectivity index (χ0v) is 12.5. The average Bonchev–Trinajstić information content (AvgIpc) is 2.44. The lowest BCUT2D eigenvalue weighted by molar-refractivity contribution is 0.0557. The van der Waals surface area contributed by atoms with Crippen LogP contribution >= 0.6 is 0 Å². The number of benzene rings is 1. The first kappa shape index (κ1) is 15.3. The third-order valence-corrected chi connectivity index (χ3v) is 4.34. The van der Waals surface area contributed by atoms with Crippen molar-refractivity contribution in [3.8, 4) is 0 Å². The second kappa shape index (κ2) is 6.13. The number of amidine groups is 1. The van der Waals surface area contributed by atoms with Crippen molar-refractivity contribution in [2.75, 3.05) is 20.6 Å². The smallest absolute Gasteiger partial charge is 0.251 e. The Morgan fingerprint density at radius 2 is 2.10 bits per heavy atom. The van der Waals surface area contributed by atoms with Crippen molar-refractivity contribution >= 4 is 11.7 Å². The number of carbonyl (C=O) groups is 1. The Balaban J connectivity index is 2.04. The summed E-state index contributed by atoms with van der Waals surface area (Å²) in [7, 11) is 4.09. The quantitative estimate of drug-likeness (QED) is 0.326. The summed E-state index contributed by atoms with van der Waals surface area (Å²) in [5.74, 6) is -0.149. The molecule has 1 saturated carbocycles. The number of likely N-dealkylation sites (N-methyl/N-ethyl adjacent to an activating group) is 1. The van der Waals surface area contributed by atoms with Gasteiger partial charge in [-0.2, -0.15) is 0 Å². The molecule has 1 aromatic carbocycles. The van der Waals surface area contributed by atoms with E-state index >= 15 is 0 Å². The van der Waals surface area contributed by atoms with Crippen LogP contribution in [0.25, 0.3) is 0 Å². The van der Waals surface area contributed by atoms with E-state index in [1.165, 1.54) is 6.42 Å². The fourth-order valence-corrected chi connectivity index (χ4v) is 2.59. The number of carbonyl (C=O) groups excluding carboxylic acids is 1. The predicted octanol–water partition coefficient (Wildman–Crippen LogP) is 0.995. The van der Waals surface area contributed by atoms with Crippen LogP contribution in [-0.4, -0.2) is 48.0 Å². The molecule has 114 valence electrons. The molecule has 1 aromatic rings. The molecule has 1 fully saturated rings. The summed E-state index contributed by atoms with van der Waals surface area (Å²) in [4.78, 5) is 14.4. The van der Waals surface area contributed by atoms with Crippen LogP contribution in [0.15, 0.2) is 29.4 Å². The van der Waals surface area contributed by atoms with Crippen molar-refractivity contribution in [3.05, 3.63) is 35.4 Å². The fourth-order valence-electron chi connectivity index (χ4n) is 2.59. The molecule has 0 radical (unpaired) electrons. The van der Waals surface area contributed by atoms with Crippen LogP contribution in [0.5, 0.6) is 0 Å². The topological polar surface area (TPSA) is 91.0 Å². The van der Waals surface area contributed by atoms with Crippen LogP contribution in [0, 0.1) is 0 Å². The largest absolute Gasteiger partial charge is 0.409 e. The highest BCUT2D eigenvalue weighted by Gasteiger charge is 2.39. The van der Waals surface area contributed by atoms with Crippen LogP contribution in [0.1, 0.15) is 35.2 Å². The summed E-state index contributed by atoms with van der Waals surface area (Å²) in [5, 5.41) is 14.6. The molecule has 21 heavy (non-hydrogen) atoms. The normalized spacial score (nSPS) is 17.4. The van der Waals surface area contributed by atoms with Gasteiger partial charge in [0.15, 0.2) is 5.84 Å². The zero-order chi connectivity index (χ0) is 15.5. The van der Waals surface area contributed by atoms with E-state index in [9.17, 15) is 4.79 Å². The molecule has 1 aliphatic rings. The number of nitrogens with one attached hydrogen (secondary N) is 1. The van der Waals surface area contributed by atoms with E-state index in [1.807, 2.05) is 14.1 Å². The summed E-state index contributed by atoms with van der Waals surface area (Å²) < 4.78 is 0. The van der Waals surface area contributed by atoms with Gasteiger partial charge in [-0.3, -0.25) is 4.79 Å². The Morgan fingerprint density at radius 1 is 1.43 bits per heavy atom. The van der Waals surface area contributed by atoms with Crippen molar-refractivity contribution in [3.63, 3.8) is 0 Å². The maximum Gasteiger partial charge on any atom is 0.251 e. The monoisotopic (exact) mass is 290 g/mol. The lowest BCUT2D eigenvalue weighted by Gasteiger charge is -2.47. The third kappa shape index (κ3) is 3.16. The van der Waals surface area contributed by atoms with Crippen molar-refractivity contribution in [2.45, 2.75) is 24.8 Å². The predicted molar refractivity (Wildman–Crippen MR) is 81.6 cm³/mol. The molecular weight excluding hydrogens is 268 g/mol. The van der Waals surface area contributed by atoms with Gasteiger partial charge >= 0.3 is 0 Å². The summed E-state index contributed by atoms with van der Waals surface area (Å²) in [6.07, 6.45) is 3.40. The van der Waals surface area contributed by atoms with E-state index in [2.05, 4.69) is 15.4 Å². The zero-order valence-electron chi connectivity index (χ0n) is 12.5. The van der Waals surface area contributed by atoms with Gasteiger partial charge in [-0.1, -0.05) is 17.3 Å². The van der Waals surface area contributed by atoms with Gasteiger partial charge in [-0.25, -0.2) is 0 Å². The van der Waals surface area contributed by atoms with Crippen LogP contribution in [0.4, 0.5) is 0 Å². The van der Waals surface area contributed by atoms with Gasteiger partial charge in [0.2, 0.25) is 0 Å². The molecule has 0 spiro atoms. The molecule has 0 unspecified atom stereocenters. The van der Waals surface area contributed by atoms with Crippen LogP contribution < -0.4 is 11.1 Å². The van der Waals surface area contributed by atoms with Gasteiger partial charge in [0, 0.05) is 23.2 Å². The Hall–Kier alpha value is -2.08. The van der Waals surface area contributed by atoms with E-state index in [0.29, 0.717) is 17.7 Å². The third-order valence-electron chi connectivity index (χ3n) is 4.34. The Kier molecular flexibility index (Phi) is 4.47. The molecule has 6 nitrogen and oxygen atoms in total. The van der Waals surface area contributed by atoms with Crippen LogP contribution in [0.2, 0.25) is 0 Å². The molecule has 1 aliphatic carbocycles. The minimum absolute atomic E-state index is 0.00611. The SMILES string of the molecule is CN(C)C1(CNC(=O)c2cccc(/C(N)=N/O)c2)CCC1. The number of amides is 1. The highest BCUT2D eigenvalue weighted by Crippen LogP contribution is 2.35. The molecule has 6 heteroatoms. The molecule has 0 heterocycles. The summed E-state index contributed by atoms with van der Waals surface area (Å²) in [6.45, 7) is 0.632. The lowest BCUT2D eigenvalue weighted by atomic mass is 9.75. The van der Waals surface area contributed by atoms with Crippen LogP contribution in [0.3, 0.4) is 0 Å². The Labute approximate surface area is 124 Å². The first-order chi connectivity index (χ1) is 9.98. The average molecular weight is 290 g/mol. The van der Waals surface area contributed by atoms with Crippen molar-refractivity contribution in [1.29, 1.82) is 0 Å². The van der Waals surface area contributed by atoms with Gasteiger partial charge in [0.05, 0.1) is 0 Å². The standard InChI is InChI=1S/C15H22N4O2/c1-19(2)15(7-4-8-15)10-17-14(20)12-6-3-5-11(9-12)13(16)18-21/h3,5-6,9,21H,4,7-8,10H2,1-2H3,(H2,16,18)(H,17,20). The number of nitrogens with zero attached hydrogens (tertiary/aromatic N) is 2. The molecule has 0 aliphatic heterocycles. The van der Waals surface area contributed by atoms with E-state index in [4.69, 9.17) is 10.9 Å². The minimum atomic E-state index is -0.143. The lowest BCUT2D eigenvalue weighted by Crippen LogP contribution is -2.57. The van der Waals surface area contributed by atoms with E-state index < -0.39 is 0 Å².